The smallest absolute Gasteiger partial charge is 0.132 e. The first-order valence-electron chi connectivity index (χ1n) is 3.05. The Morgan fingerprint density at radius 2 is 2.18 bits per heavy atom. The van der Waals surface area contributed by atoms with Gasteiger partial charge < -0.3 is 10.7 Å². The molecule has 0 saturated heterocycles. The van der Waals surface area contributed by atoms with Crippen LogP contribution in [0.4, 0.5) is 5.82 Å². The van der Waals surface area contributed by atoms with Crippen molar-refractivity contribution in [3.63, 3.8) is 0 Å². The number of fused-ring (bicyclic) bond motifs is 1. The highest BCUT2D eigenvalue weighted by molar-refractivity contribution is 5.88. The van der Waals surface area contributed by atoms with E-state index in [1.54, 1.807) is 6.20 Å². The molecule has 0 radical (unpaired) electrons. The lowest BCUT2D eigenvalue weighted by molar-refractivity contribution is 1.36. The maximum Gasteiger partial charge on any atom is 0.132 e. The van der Waals surface area contributed by atoms with E-state index >= 15 is 0 Å². The third-order valence-electron chi connectivity index (χ3n) is 1.51. The Morgan fingerprint density at radius 1 is 1.36 bits per heavy atom. The highest BCUT2D eigenvalue weighted by Gasteiger charge is 1.95. The third-order valence-corrected chi connectivity index (χ3v) is 1.51. The molecular formula is C8H11N3. The zero-order valence-corrected chi connectivity index (χ0v) is 5.33. The van der Waals surface area contributed by atoms with Crippen LogP contribution < -0.4 is 5.73 Å². The number of anilines is 1. The number of H-pyrrole nitrogens is 1. The molecule has 0 atom stereocenters. The Morgan fingerprint density at radius 3 is 2.91 bits per heavy atom. The van der Waals surface area contributed by atoms with Crippen LogP contribution >= 0.6 is 0 Å². The van der Waals surface area contributed by atoms with Gasteiger partial charge in [0.15, 0.2) is 0 Å². The summed E-state index contributed by atoms with van der Waals surface area (Å²) in [5, 5.41) is 0.988. The van der Waals surface area contributed by atoms with Crippen LogP contribution in [-0.2, 0) is 0 Å². The second-order valence-corrected chi connectivity index (χ2v) is 2.14. The summed E-state index contributed by atoms with van der Waals surface area (Å²) in [7, 11) is 0. The van der Waals surface area contributed by atoms with Gasteiger partial charge in [0.05, 0.1) is 5.52 Å². The van der Waals surface area contributed by atoms with Gasteiger partial charge in [-0.1, -0.05) is 7.43 Å². The number of nitrogens with two attached hydrogens (primary N) is 1. The molecular weight excluding hydrogens is 138 g/mol. The van der Waals surface area contributed by atoms with Crippen LogP contribution in [0.15, 0.2) is 24.5 Å². The second kappa shape index (κ2) is 2.62. The van der Waals surface area contributed by atoms with Gasteiger partial charge in [-0.25, -0.2) is 4.98 Å². The molecule has 3 nitrogen and oxygen atoms in total. The Hall–Kier alpha value is -1.51. The standard InChI is InChI=1S/C7H7N3.CH4/c8-7-5-1-3-9-6(5)2-4-10-7;/h1-4,9H,(H2,8,10);1H4. The van der Waals surface area contributed by atoms with Crippen molar-refractivity contribution in [1.29, 1.82) is 0 Å². The molecule has 0 bridgehead atoms. The summed E-state index contributed by atoms with van der Waals surface area (Å²) in [6.07, 6.45) is 3.54. The molecule has 0 saturated carbocycles. The van der Waals surface area contributed by atoms with E-state index in [0.717, 1.165) is 10.9 Å². The van der Waals surface area contributed by atoms with Crippen molar-refractivity contribution in [2.45, 2.75) is 7.43 Å². The first kappa shape index (κ1) is 7.60. The molecule has 58 valence electrons. The van der Waals surface area contributed by atoms with Crippen LogP contribution in [0.3, 0.4) is 0 Å². The molecule has 0 aliphatic rings. The Bertz CT molecular complexity index is 351. The summed E-state index contributed by atoms with van der Waals surface area (Å²) in [4.78, 5) is 6.98. The van der Waals surface area contributed by atoms with Crippen molar-refractivity contribution < 1.29 is 0 Å². The van der Waals surface area contributed by atoms with Gasteiger partial charge in [0.1, 0.15) is 5.82 Å². The molecule has 3 N–H and O–H groups in total. The molecule has 2 heterocycles. The normalized spacial score (nSPS) is 9.45. The minimum absolute atomic E-state index is 0. The summed E-state index contributed by atoms with van der Waals surface area (Å²) in [5.74, 6) is 0.582. The fraction of sp³-hybridized carbons (Fsp3) is 0.125. The quantitative estimate of drug-likeness (QED) is 0.599. The number of aromatic amines is 1. The van der Waals surface area contributed by atoms with E-state index in [2.05, 4.69) is 9.97 Å². The average Bonchev–Trinajstić information content (AvgIpc) is 2.36. The van der Waals surface area contributed by atoms with Crippen LogP contribution in [0, 0.1) is 0 Å². The molecule has 3 heteroatoms. The number of aromatic nitrogens is 2. The van der Waals surface area contributed by atoms with Crippen LogP contribution in [-0.4, -0.2) is 9.97 Å². The summed E-state index contributed by atoms with van der Waals surface area (Å²) < 4.78 is 0. The zero-order valence-electron chi connectivity index (χ0n) is 5.33. The number of pyridine rings is 1. The lowest BCUT2D eigenvalue weighted by Crippen LogP contribution is -1.88. The van der Waals surface area contributed by atoms with Gasteiger partial charge >= 0.3 is 0 Å². The van der Waals surface area contributed by atoms with Gasteiger partial charge in [0, 0.05) is 17.8 Å². The first-order chi connectivity index (χ1) is 4.88. The number of rotatable bonds is 0. The molecule has 0 amide bonds. The van der Waals surface area contributed by atoms with Crippen molar-refractivity contribution in [1.82, 2.24) is 9.97 Å². The fourth-order valence-electron chi connectivity index (χ4n) is 1.01. The number of nitrogens with zero attached hydrogens (tertiary/aromatic N) is 1. The van der Waals surface area contributed by atoms with E-state index in [1.807, 2.05) is 18.3 Å². The number of hydrogen-bond donors (Lipinski definition) is 2. The molecule has 0 aliphatic heterocycles. The van der Waals surface area contributed by atoms with Crippen LogP contribution in [0.5, 0.6) is 0 Å². The van der Waals surface area contributed by atoms with Gasteiger partial charge in [-0.2, -0.15) is 0 Å². The van der Waals surface area contributed by atoms with Crippen molar-refractivity contribution in [3.05, 3.63) is 24.5 Å². The third kappa shape index (κ3) is 1.05. The summed E-state index contributed by atoms with van der Waals surface area (Å²) >= 11 is 0. The first-order valence-corrected chi connectivity index (χ1v) is 3.05. The SMILES string of the molecule is C.Nc1nccc2[nH]ccc12. The van der Waals surface area contributed by atoms with Crippen molar-refractivity contribution in [3.8, 4) is 0 Å². The molecule has 2 aromatic heterocycles. The maximum atomic E-state index is 5.57. The number of hydrogen-bond acceptors (Lipinski definition) is 2. The minimum atomic E-state index is 0. The lowest BCUT2D eigenvalue weighted by Gasteiger charge is -1.91. The Balaban J connectivity index is 0.000000605. The number of nitrogens with one attached hydrogen (secondary N) is 1. The Labute approximate surface area is 65.3 Å². The monoisotopic (exact) mass is 149 g/mol. The maximum absolute atomic E-state index is 5.57. The molecule has 11 heavy (non-hydrogen) atoms. The predicted octanol–water partition coefficient (Wildman–Crippen LogP) is 1.78. The zero-order chi connectivity index (χ0) is 6.97. The van der Waals surface area contributed by atoms with E-state index < -0.39 is 0 Å². The van der Waals surface area contributed by atoms with E-state index in [9.17, 15) is 0 Å². The molecule has 0 aromatic carbocycles. The fourth-order valence-corrected chi connectivity index (χ4v) is 1.01. The van der Waals surface area contributed by atoms with E-state index in [0.29, 0.717) is 5.82 Å². The van der Waals surface area contributed by atoms with Crippen molar-refractivity contribution in [2.75, 3.05) is 5.73 Å². The van der Waals surface area contributed by atoms with Gasteiger partial charge in [0.25, 0.3) is 0 Å². The van der Waals surface area contributed by atoms with E-state index in [-0.39, 0.29) is 7.43 Å². The summed E-state index contributed by atoms with van der Waals surface area (Å²) in [6, 6.07) is 3.81. The summed E-state index contributed by atoms with van der Waals surface area (Å²) in [5.41, 5.74) is 6.60. The number of nitrogen functional groups attached to an aromatic ring is 1. The van der Waals surface area contributed by atoms with Gasteiger partial charge in [-0.05, 0) is 12.1 Å². The highest BCUT2D eigenvalue weighted by atomic mass is 14.8. The van der Waals surface area contributed by atoms with Crippen molar-refractivity contribution in [2.24, 2.45) is 0 Å². The van der Waals surface area contributed by atoms with Gasteiger partial charge in [-0.15, -0.1) is 0 Å². The predicted molar refractivity (Wildman–Crippen MR) is 47.2 cm³/mol. The van der Waals surface area contributed by atoms with E-state index in [4.69, 9.17) is 5.73 Å². The molecule has 2 rings (SSSR count). The molecule has 0 spiro atoms. The topological polar surface area (TPSA) is 54.7 Å². The lowest BCUT2D eigenvalue weighted by atomic mass is 10.3. The molecule has 0 unspecified atom stereocenters. The van der Waals surface area contributed by atoms with Crippen LogP contribution in [0.1, 0.15) is 7.43 Å². The minimum Gasteiger partial charge on any atom is -0.383 e. The van der Waals surface area contributed by atoms with E-state index in [1.165, 1.54) is 0 Å². The molecule has 2 aromatic rings. The Kier molecular flexibility index (Phi) is 1.81. The highest BCUT2D eigenvalue weighted by Crippen LogP contribution is 2.15. The molecule has 0 aliphatic carbocycles. The second-order valence-electron chi connectivity index (χ2n) is 2.14. The van der Waals surface area contributed by atoms with Gasteiger partial charge in [-0.3, -0.25) is 0 Å². The van der Waals surface area contributed by atoms with Crippen LogP contribution in [0.2, 0.25) is 0 Å². The molecule has 0 fully saturated rings. The van der Waals surface area contributed by atoms with Crippen molar-refractivity contribution >= 4 is 16.7 Å². The average molecular weight is 149 g/mol. The summed E-state index contributed by atoms with van der Waals surface area (Å²) in [6.45, 7) is 0. The van der Waals surface area contributed by atoms with Crippen LogP contribution in [0.25, 0.3) is 10.9 Å². The van der Waals surface area contributed by atoms with Gasteiger partial charge in [0.2, 0.25) is 0 Å². The largest absolute Gasteiger partial charge is 0.383 e.